The normalized spacial score (nSPS) is 11.9. The lowest BCUT2D eigenvalue weighted by molar-refractivity contribution is -0.142. The first-order chi connectivity index (χ1) is 10.9. The van der Waals surface area contributed by atoms with E-state index in [2.05, 4.69) is 10.3 Å². The molecule has 1 atom stereocenters. The number of aliphatic imine (C=N–C) groups is 1. The number of carboxylic acid groups (broad SMARTS) is 1. The molecule has 1 aromatic carbocycles. The van der Waals surface area contributed by atoms with Crippen LogP contribution in [0.5, 0.6) is 5.75 Å². The number of aliphatic carboxylic acids is 1. The molecule has 0 unspecified atom stereocenters. The lowest BCUT2D eigenvalue weighted by Crippen LogP contribution is -2.47. The number of para-hydroxylation sites is 1. The number of hydrogen-bond donors (Lipinski definition) is 5. The van der Waals surface area contributed by atoms with E-state index in [1.54, 1.807) is 18.2 Å². The number of phenols is 1. The highest BCUT2D eigenvalue weighted by atomic mass is 16.4. The topological polar surface area (TPSA) is 148 Å². The third kappa shape index (κ3) is 6.57. The second kappa shape index (κ2) is 9.15. The van der Waals surface area contributed by atoms with E-state index in [4.69, 9.17) is 10.2 Å². The molecule has 0 bridgehead atoms. The Morgan fingerprint density at radius 1 is 1.22 bits per heavy atom. The lowest BCUT2D eigenvalue weighted by atomic mass is 10.2. The van der Waals surface area contributed by atoms with Crippen molar-refractivity contribution in [2.75, 3.05) is 19.7 Å². The number of carbonyl (C=O) groups excluding carboxylic acids is 2. The second-order valence-electron chi connectivity index (χ2n) is 4.45. The van der Waals surface area contributed by atoms with Crippen molar-refractivity contribution in [3.63, 3.8) is 0 Å². The SMILES string of the molecule is O=C(CN=Cc1ccccc1O)NCC(=O)N[C@@H](CO)C(=O)O. The standard InChI is InChI=1S/C14H17N3O6/c18-8-10(14(22)23)17-13(21)7-16-12(20)6-15-5-9-3-1-2-4-11(9)19/h1-5,10,18-19H,6-8H2,(H,16,20)(H,17,21)(H,22,23)/t10-/m0/s1. The zero-order chi connectivity index (χ0) is 17.2. The van der Waals surface area contributed by atoms with Crippen molar-refractivity contribution in [2.45, 2.75) is 6.04 Å². The molecule has 0 spiro atoms. The summed E-state index contributed by atoms with van der Waals surface area (Å²) in [6.07, 6.45) is 1.32. The van der Waals surface area contributed by atoms with Crippen LogP contribution in [0.15, 0.2) is 29.3 Å². The van der Waals surface area contributed by atoms with E-state index in [0.29, 0.717) is 5.56 Å². The summed E-state index contributed by atoms with van der Waals surface area (Å²) in [5.41, 5.74) is 0.449. The van der Waals surface area contributed by atoms with Crippen LogP contribution in [0.1, 0.15) is 5.56 Å². The fraction of sp³-hybridized carbons (Fsp3) is 0.286. The van der Waals surface area contributed by atoms with Gasteiger partial charge in [-0.1, -0.05) is 12.1 Å². The van der Waals surface area contributed by atoms with Gasteiger partial charge in [0.1, 0.15) is 18.3 Å². The first-order valence-electron chi connectivity index (χ1n) is 6.61. The number of hydrogen-bond acceptors (Lipinski definition) is 6. The molecule has 124 valence electrons. The Balaban J connectivity index is 2.36. The van der Waals surface area contributed by atoms with Crippen molar-refractivity contribution >= 4 is 24.0 Å². The number of amides is 2. The maximum Gasteiger partial charge on any atom is 0.328 e. The molecule has 0 saturated heterocycles. The summed E-state index contributed by atoms with van der Waals surface area (Å²) in [6.45, 7) is -1.45. The minimum absolute atomic E-state index is 0.0275. The average molecular weight is 323 g/mol. The third-order valence-corrected chi connectivity index (χ3v) is 2.66. The number of rotatable bonds is 8. The van der Waals surface area contributed by atoms with Crippen molar-refractivity contribution in [3.8, 4) is 5.75 Å². The summed E-state index contributed by atoms with van der Waals surface area (Å²) in [6, 6.07) is 5.02. The van der Waals surface area contributed by atoms with E-state index in [0.717, 1.165) is 0 Å². The maximum absolute atomic E-state index is 11.5. The molecule has 1 aromatic rings. The second-order valence-corrected chi connectivity index (χ2v) is 4.45. The van der Waals surface area contributed by atoms with Crippen molar-refractivity contribution in [2.24, 2.45) is 4.99 Å². The molecule has 9 heteroatoms. The predicted octanol–water partition coefficient (Wildman–Crippen LogP) is -1.51. The van der Waals surface area contributed by atoms with Gasteiger partial charge in [-0.25, -0.2) is 4.79 Å². The zero-order valence-corrected chi connectivity index (χ0v) is 12.1. The minimum Gasteiger partial charge on any atom is -0.507 e. The van der Waals surface area contributed by atoms with Gasteiger partial charge in [0, 0.05) is 11.8 Å². The quantitative estimate of drug-likeness (QED) is 0.367. The van der Waals surface area contributed by atoms with Gasteiger partial charge in [-0.05, 0) is 12.1 Å². The molecule has 0 heterocycles. The molecule has 0 radical (unpaired) electrons. The van der Waals surface area contributed by atoms with Crippen LogP contribution in [0.4, 0.5) is 0 Å². The fourth-order valence-corrected chi connectivity index (χ4v) is 1.49. The Bertz CT molecular complexity index is 602. The molecule has 2 amide bonds. The first kappa shape index (κ1) is 18.1. The summed E-state index contributed by atoms with van der Waals surface area (Å²) in [4.78, 5) is 37.3. The molecule has 9 nitrogen and oxygen atoms in total. The van der Waals surface area contributed by atoms with Crippen LogP contribution >= 0.6 is 0 Å². The van der Waals surface area contributed by atoms with Crippen LogP contribution in [0.3, 0.4) is 0 Å². The summed E-state index contributed by atoms with van der Waals surface area (Å²) >= 11 is 0. The number of aromatic hydroxyl groups is 1. The maximum atomic E-state index is 11.5. The predicted molar refractivity (Wildman–Crippen MR) is 80.2 cm³/mol. The van der Waals surface area contributed by atoms with Gasteiger partial charge in [0.05, 0.1) is 13.2 Å². The van der Waals surface area contributed by atoms with E-state index in [1.807, 2.05) is 5.32 Å². The molecule has 0 aromatic heterocycles. The fourth-order valence-electron chi connectivity index (χ4n) is 1.49. The van der Waals surface area contributed by atoms with Crippen LogP contribution < -0.4 is 10.6 Å². The first-order valence-corrected chi connectivity index (χ1v) is 6.61. The van der Waals surface area contributed by atoms with Crippen LogP contribution in [0.2, 0.25) is 0 Å². The van der Waals surface area contributed by atoms with E-state index in [1.165, 1.54) is 12.3 Å². The smallest absolute Gasteiger partial charge is 0.328 e. The van der Waals surface area contributed by atoms with Gasteiger partial charge in [0.15, 0.2) is 0 Å². The van der Waals surface area contributed by atoms with E-state index in [9.17, 15) is 19.5 Å². The van der Waals surface area contributed by atoms with Crippen molar-refractivity contribution < 1.29 is 29.7 Å². The summed E-state index contributed by atoms with van der Waals surface area (Å²) in [7, 11) is 0. The summed E-state index contributed by atoms with van der Waals surface area (Å²) in [5, 5.41) is 31.2. The number of phenolic OH excluding ortho intramolecular Hbond substituents is 1. The largest absolute Gasteiger partial charge is 0.507 e. The Morgan fingerprint density at radius 2 is 1.91 bits per heavy atom. The molecule has 23 heavy (non-hydrogen) atoms. The summed E-state index contributed by atoms with van der Waals surface area (Å²) < 4.78 is 0. The number of carbonyl (C=O) groups is 3. The number of nitrogens with one attached hydrogen (secondary N) is 2. The molecule has 0 aliphatic rings. The minimum atomic E-state index is -1.42. The van der Waals surface area contributed by atoms with Crippen LogP contribution in [-0.4, -0.2) is 65.1 Å². The molecular formula is C14H17N3O6. The molecule has 0 saturated carbocycles. The number of nitrogens with zero attached hydrogens (tertiary/aromatic N) is 1. The summed E-state index contributed by atoms with van der Waals surface area (Å²) in [5.74, 6) is -2.65. The zero-order valence-electron chi connectivity index (χ0n) is 12.1. The highest BCUT2D eigenvalue weighted by Gasteiger charge is 2.18. The Morgan fingerprint density at radius 3 is 2.52 bits per heavy atom. The number of aliphatic hydroxyl groups excluding tert-OH is 1. The van der Waals surface area contributed by atoms with Gasteiger partial charge in [-0.15, -0.1) is 0 Å². The average Bonchev–Trinajstić information content (AvgIpc) is 2.52. The van der Waals surface area contributed by atoms with E-state index < -0.39 is 37.0 Å². The number of benzene rings is 1. The number of aliphatic hydroxyl groups is 1. The van der Waals surface area contributed by atoms with Crippen LogP contribution in [0, 0.1) is 0 Å². The number of carboxylic acids is 1. The molecular weight excluding hydrogens is 306 g/mol. The van der Waals surface area contributed by atoms with Crippen molar-refractivity contribution in [1.29, 1.82) is 0 Å². The molecule has 0 aliphatic heterocycles. The van der Waals surface area contributed by atoms with Crippen molar-refractivity contribution in [3.05, 3.63) is 29.8 Å². The Kier molecular flexibility index (Phi) is 7.21. The highest BCUT2D eigenvalue weighted by molar-refractivity contribution is 5.90. The molecule has 5 N–H and O–H groups in total. The molecule has 0 aliphatic carbocycles. The van der Waals surface area contributed by atoms with Gasteiger partial charge in [0.2, 0.25) is 11.8 Å². The van der Waals surface area contributed by atoms with Crippen LogP contribution in [0.25, 0.3) is 0 Å². The molecule has 1 rings (SSSR count). The van der Waals surface area contributed by atoms with Gasteiger partial charge >= 0.3 is 5.97 Å². The lowest BCUT2D eigenvalue weighted by Gasteiger charge is -2.11. The van der Waals surface area contributed by atoms with Gasteiger partial charge < -0.3 is 26.0 Å². The highest BCUT2D eigenvalue weighted by Crippen LogP contribution is 2.12. The monoisotopic (exact) mass is 323 g/mol. The van der Waals surface area contributed by atoms with Gasteiger partial charge in [-0.3, -0.25) is 14.6 Å². The van der Waals surface area contributed by atoms with Gasteiger partial charge in [0.25, 0.3) is 0 Å². The Labute approximate surface area is 131 Å². The molecule has 0 fully saturated rings. The third-order valence-electron chi connectivity index (χ3n) is 2.66. The van der Waals surface area contributed by atoms with Crippen LogP contribution in [-0.2, 0) is 14.4 Å². The van der Waals surface area contributed by atoms with E-state index in [-0.39, 0.29) is 12.3 Å². The van der Waals surface area contributed by atoms with Crippen molar-refractivity contribution in [1.82, 2.24) is 10.6 Å². The van der Waals surface area contributed by atoms with Gasteiger partial charge in [-0.2, -0.15) is 0 Å². The Hall–Kier alpha value is -2.94. The van der Waals surface area contributed by atoms with E-state index >= 15 is 0 Å².